The Morgan fingerprint density at radius 3 is 2.59 bits per heavy atom. The van der Waals surface area contributed by atoms with Gasteiger partial charge in [0.15, 0.2) is 0 Å². The highest BCUT2D eigenvalue weighted by Gasteiger charge is 2.14. The molecule has 2 heterocycles. The Bertz CT molecular complexity index is 1350. The Morgan fingerprint density at radius 2 is 1.74 bits per heavy atom. The predicted octanol–water partition coefficient (Wildman–Crippen LogP) is 6.39. The lowest BCUT2D eigenvalue weighted by Crippen LogP contribution is -2.02. The zero-order chi connectivity index (χ0) is 18.4. The smallest absolute Gasteiger partial charge is 0.346 e. The van der Waals surface area contributed by atoms with Gasteiger partial charge in [-0.1, -0.05) is 54.1 Å². The molecule has 5 heteroatoms. The van der Waals surface area contributed by atoms with Crippen LogP contribution in [-0.2, 0) is 0 Å². The van der Waals surface area contributed by atoms with Crippen molar-refractivity contribution in [3.05, 3.63) is 88.4 Å². The number of aromatic nitrogens is 1. The largest absolute Gasteiger partial charge is 0.422 e. The summed E-state index contributed by atoms with van der Waals surface area (Å²) in [6.45, 7) is 0. The summed E-state index contributed by atoms with van der Waals surface area (Å²) in [5, 5.41) is 4.39. The van der Waals surface area contributed by atoms with Crippen LogP contribution in [0.25, 0.3) is 42.8 Å². The van der Waals surface area contributed by atoms with Gasteiger partial charge in [-0.2, -0.15) is 0 Å². The first kappa shape index (κ1) is 16.2. The average molecular weight is 390 g/mol. The number of rotatable bonds is 2. The molecule has 0 atom stereocenters. The summed E-state index contributed by atoms with van der Waals surface area (Å²) < 4.78 is 5.58. The van der Waals surface area contributed by atoms with Gasteiger partial charge in [-0.15, -0.1) is 11.3 Å². The summed E-state index contributed by atoms with van der Waals surface area (Å²) in [5.74, 6) is 0. The van der Waals surface area contributed by atoms with E-state index < -0.39 is 0 Å². The van der Waals surface area contributed by atoms with Crippen molar-refractivity contribution in [2.24, 2.45) is 0 Å². The number of hydrogen-bond acceptors (Lipinski definition) is 4. The second-order valence-electron chi connectivity index (χ2n) is 6.18. The molecule has 0 radical (unpaired) electrons. The number of halogens is 1. The Hall–Kier alpha value is -2.95. The van der Waals surface area contributed by atoms with Crippen LogP contribution in [-0.4, -0.2) is 4.98 Å². The van der Waals surface area contributed by atoms with Gasteiger partial charge in [0.05, 0.1) is 10.4 Å². The van der Waals surface area contributed by atoms with E-state index in [0.717, 1.165) is 26.6 Å². The maximum absolute atomic E-state index is 12.5. The third-order valence-corrected chi connectivity index (χ3v) is 5.84. The van der Waals surface area contributed by atoms with Crippen molar-refractivity contribution in [1.29, 1.82) is 0 Å². The SMILES string of the molecule is O=c1oc2ccc3ccccc3c2cc1-c1ncc(-c2ccc(Cl)cc2)s1. The third-order valence-electron chi connectivity index (χ3n) is 4.51. The van der Waals surface area contributed by atoms with E-state index in [0.29, 0.717) is 21.2 Å². The Morgan fingerprint density at radius 1 is 0.926 bits per heavy atom. The van der Waals surface area contributed by atoms with Crippen LogP contribution in [0.3, 0.4) is 0 Å². The summed E-state index contributed by atoms with van der Waals surface area (Å²) in [4.78, 5) is 18.0. The summed E-state index contributed by atoms with van der Waals surface area (Å²) in [7, 11) is 0. The monoisotopic (exact) mass is 389 g/mol. The van der Waals surface area contributed by atoms with E-state index in [4.69, 9.17) is 16.0 Å². The first-order chi connectivity index (χ1) is 13.2. The van der Waals surface area contributed by atoms with E-state index in [-0.39, 0.29) is 5.63 Å². The van der Waals surface area contributed by atoms with Gasteiger partial charge in [-0.05, 0) is 40.6 Å². The third kappa shape index (κ3) is 2.83. The minimum atomic E-state index is -0.380. The molecule has 3 aromatic carbocycles. The molecule has 0 fully saturated rings. The van der Waals surface area contributed by atoms with Crippen LogP contribution in [0.5, 0.6) is 0 Å². The molecule has 0 saturated carbocycles. The molecular weight excluding hydrogens is 378 g/mol. The van der Waals surface area contributed by atoms with Crippen LogP contribution < -0.4 is 5.63 Å². The Labute approximate surface area is 163 Å². The van der Waals surface area contributed by atoms with Crippen molar-refractivity contribution in [2.75, 3.05) is 0 Å². The van der Waals surface area contributed by atoms with E-state index >= 15 is 0 Å². The normalized spacial score (nSPS) is 11.3. The molecule has 0 aliphatic rings. The lowest BCUT2D eigenvalue weighted by Gasteiger charge is -2.04. The van der Waals surface area contributed by atoms with Crippen molar-refractivity contribution in [3.63, 3.8) is 0 Å². The van der Waals surface area contributed by atoms with Gasteiger partial charge in [0, 0.05) is 16.6 Å². The number of thiazole rings is 1. The minimum absolute atomic E-state index is 0.380. The predicted molar refractivity (Wildman–Crippen MR) is 112 cm³/mol. The highest BCUT2D eigenvalue weighted by Crippen LogP contribution is 2.33. The molecule has 0 unspecified atom stereocenters. The molecule has 0 N–H and O–H groups in total. The standard InChI is InChI=1S/C22H12ClNO2S/c23-15-8-5-14(6-9-15)20-12-24-21(27-20)18-11-17-16-4-2-1-3-13(16)7-10-19(17)26-22(18)25/h1-12H. The van der Waals surface area contributed by atoms with Crippen molar-refractivity contribution >= 4 is 44.7 Å². The molecule has 0 aliphatic heterocycles. The van der Waals surface area contributed by atoms with Gasteiger partial charge < -0.3 is 4.42 Å². The quantitative estimate of drug-likeness (QED) is 0.259. The first-order valence-corrected chi connectivity index (χ1v) is 9.56. The van der Waals surface area contributed by atoms with Crippen molar-refractivity contribution in [1.82, 2.24) is 4.98 Å². The van der Waals surface area contributed by atoms with Crippen molar-refractivity contribution in [3.8, 4) is 21.0 Å². The molecule has 0 amide bonds. The fraction of sp³-hybridized carbons (Fsp3) is 0. The molecule has 0 aliphatic carbocycles. The highest BCUT2D eigenvalue weighted by molar-refractivity contribution is 7.18. The van der Waals surface area contributed by atoms with Gasteiger partial charge >= 0.3 is 5.63 Å². The van der Waals surface area contributed by atoms with Crippen LogP contribution in [0.15, 0.2) is 82.1 Å². The van der Waals surface area contributed by atoms with Crippen molar-refractivity contribution in [2.45, 2.75) is 0 Å². The Balaban J connectivity index is 1.69. The van der Waals surface area contributed by atoms with Gasteiger partial charge in [0.2, 0.25) is 0 Å². The molecule has 27 heavy (non-hydrogen) atoms. The van der Waals surface area contributed by atoms with Gasteiger partial charge in [-0.25, -0.2) is 9.78 Å². The summed E-state index contributed by atoms with van der Waals surface area (Å²) in [6, 6.07) is 21.3. The fourth-order valence-corrected chi connectivity index (χ4v) is 4.22. The van der Waals surface area contributed by atoms with Crippen molar-refractivity contribution < 1.29 is 4.42 Å². The number of benzene rings is 3. The molecule has 130 valence electrons. The van der Waals surface area contributed by atoms with E-state index in [2.05, 4.69) is 4.98 Å². The van der Waals surface area contributed by atoms with Gasteiger partial charge in [-0.3, -0.25) is 0 Å². The lowest BCUT2D eigenvalue weighted by molar-refractivity contribution is 0.564. The van der Waals surface area contributed by atoms with Gasteiger partial charge in [0.25, 0.3) is 0 Å². The highest BCUT2D eigenvalue weighted by atomic mass is 35.5. The van der Waals surface area contributed by atoms with Crippen LogP contribution >= 0.6 is 22.9 Å². The molecular formula is C22H12ClNO2S. The molecule has 2 aromatic heterocycles. The molecule has 3 nitrogen and oxygen atoms in total. The van der Waals surface area contributed by atoms with Crippen LogP contribution in [0.4, 0.5) is 0 Å². The van der Waals surface area contributed by atoms with Crippen LogP contribution in [0.2, 0.25) is 5.02 Å². The van der Waals surface area contributed by atoms with E-state index in [1.807, 2.05) is 66.7 Å². The van der Waals surface area contributed by atoms with Crippen LogP contribution in [0, 0.1) is 0 Å². The number of nitrogens with zero attached hydrogens (tertiary/aromatic N) is 1. The zero-order valence-corrected chi connectivity index (χ0v) is 15.6. The maximum atomic E-state index is 12.5. The molecule has 0 bridgehead atoms. The number of hydrogen-bond donors (Lipinski definition) is 0. The lowest BCUT2D eigenvalue weighted by atomic mass is 10.0. The fourth-order valence-electron chi connectivity index (χ4n) is 3.17. The van der Waals surface area contributed by atoms with E-state index in [9.17, 15) is 4.79 Å². The first-order valence-electron chi connectivity index (χ1n) is 8.37. The van der Waals surface area contributed by atoms with E-state index in [1.54, 1.807) is 6.20 Å². The molecule has 0 saturated heterocycles. The summed E-state index contributed by atoms with van der Waals surface area (Å²) in [5.41, 5.74) is 1.69. The zero-order valence-electron chi connectivity index (χ0n) is 14.0. The molecule has 0 spiro atoms. The number of fused-ring (bicyclic) bond motifs is 3. The second-order valence-corrected chi connectivity index (χ2v) is 7.65. The molecule has 5 rings (SSSR count). The second kappa shape index (κ2) is 6.34. The Kier molecular flexibility index (Phi) is 3.81. The minimum Gasteiger partial charge on any atom is -0.422 e. The summed E-state index contributed by atoms with van der Waals surface area (Å²) >= 11 is 7.42. The van der Waals surface area contributed by atoms with Gasteiger partial charge in [0.1, 0.15) is 10.6 Å². The van der Waals surface area contributed by atoms with Crippen LogP contribution in [0.1, 0.15) is 0 Å². The topological polar surface area (TPSA) is 43.1 Å². The summed E-state index contributed by atoms with van der Waals surface area (Å²) in [6.07, 6.45) is 1.77. The maximum Gasteiger partial charge on any atom is 0.346 e. The molecule has 5 aromatic rings. The van der Waals surface area contributed by atoms with E-state index in [1.165, 1.54) is 11.3 Å². The average Bonchev–Trinajstić information content (AvgIpc) is 3.17.